The molecule has 0 amide bonds. The Bertz CT molecular complexity index is 465. The molecular weight excluding hydrogens is 324 g/mol. The van der Waals surface area contributed by atoms with Crippen molar-refractivity contribution < 1.29 is 22.5 Å². The van der Waals surface area contributed by atoms with Gasteiger partial charge in [0.1, 0.15) is 11.5 Å². The average molecular weight is 331 g/mol. The molecule has 0 saturated carbocycles. The molecule has 4 nitrogen and oxygen atoms in total. The van der Waals surface area contributed by atoms with E-state index in [9.17, 15) is 27.7 Å². The molecule has 1 aromatic rings. The minimum absolute atomic E-state index is 0.129. The van der Waals surface area contributed by atoms with Crippen molar-refractivity contribution in [2.75, 3.05) is 11.9 Å². The topological polar surface area (TPSA) is 55.2 Å². The van der Waals surface area contributed by atoms with E-state index in [0.717, 1.165) is 12.1 Å². The minimum atomic E-state index is -4.38. The van der Waals surface area contributed by atoms with E-state index in [1.54, 1.807) is 0 Å². The zero-order valence-corrected chi connectivity index (χ0v) is 10.3. The summed E-state index contributed by atoms with van der Waals surface area (Å²) >= 11 is 2.76. The van der Waals surface area contributed by atoms with Crippen molar-refractivity contribution in [3.8, 4) is 0 Å². The van der Waals surface area contributed by atoms with Crippen LogP contribution in [0.3, 0.4) is 0 Å². The first-order chi connectivity index (χ1) is 8.20. The summed E-state index contributed by atoms with van der Waals surface area (Å²) in [5, 5.41) is 12.8. The van der Waals surface area contributed by atoms with Gasteiger partial charge in [0.05, 0.1) is 15.8 Å². The van der Waals surface area contributed by atoms with Gasteiger partial charge in [0, 0.05) is 18.7 Å². The summed E-state index contributed by atoms with van der Waals surface area (Å²) in [5.74, 6) is -0.796. The first-order valence-electron chi connectivity index (χ1n) is 4.65. The second kappa shape index (κ2) is 5.51. The van der Waals surface area contributed by atoms with Gasteiger partial charge in [-0.1, -0.05) is 0 Å². The normalized spacial score (nSPS) is 11.4. The van der Waals surface area contributed by atoms with Crippen molar-refractivity contribution in [1.29, 1.82) is 0 Å². The highest BCUT2D eigenvalue weighted by atomic mass is 79.9. The van der Waals surface area contributed by atoms with E-state index in [-0.39, 0.29) is 10.2 Å². The fourth-order valence-electron chi connectivity index (χ4n) is 1.17. The lowest BCUT2D eigenvalue weighted by atomic mass is 10.2. The van der Waals surface area contributed by atoms with E-state index in [2.05, 4.69) is 21.2 Å². The van der Waals surface area contributed by atoms with Gasteiger partial charge in [-0.25, -0.2) is 4.39 Å². The molecule has 0 aliphatic rings. The van der Waals surface area contributed by atoms with Gasteiger partial charge in [-0.3, -0.25) is 10.1 Å². The van der Waals surface area contributed by atoms with Crippen LogP contribution in [0.4, 0.5) is 28.9 Å². The van der Waals surface area contributed by atoms with Gasteiger partial charge in [-0.15, -0.1) is 0 Å². The lowest BCUT2D eigenvalue weighted by molar-refractivity contribution is -0.384. The molecule has 0 saturated heterocycles. The molecule has 100 valence electrons. The standard InChI is InChI=1S/C9H7BrF4N2O2/c10-5-3-8(16(17)18)7(4-6(5)11)15-2-1-9(12,13)14/h3-4,15H,1-2H2. The molecule has 0 bridgehead atoms. The van der Waals surface area contributed by atoms with Crippen molar-refractivity contribution in [2.45, 2.75) is 12.6 Å². The largest absolute Gasteiger partial charge is 0.390 e. The van der Waals surface area contributed by atoms with E-state index < -0.39 is 35.6 Å². The van der Waals surface area contributed by atoms with Gasteiger partial charge >= 0.3 is 6.18 Å². The fraction of sp³-hybridized carbons (Fsp3) is 0.333. The Hall–Kier alpha value is -1.38. The molecule has 0 aromatic heterocycles. The number of nitro groups is 1. The van der Waals surface area contributed by atoms with Gasteiger partial charge in [0.15, 0.2) is 0 Å². The molecule has 1 rings (SSSR count). The third-order valence-electron chi connectivity index (χ3n) is 1.96. The predicted octanol–water partition coefficient (Wildman–Crippen LogP) is 3.86. The number of nitrogens with one attached hydrogen (secondary N) is 1. The summed E-state index contributed by atoms with van der Waals surface area (Å²) < 4.78 is 48.7. The van der Waals surface area contributed by atoms with Gasteiger partial charge in [-0.2, -0.15) is 13.2 Å². The maximum atomic E-state index is 13.2. The second-order valence-electron chi connectivity index (χ2n) is 3.33. The first kappa shape index (κ1) is 14.7. The lowest BCUT2D eigenvalue weighted by Crippen LogP contribution is -2.15. The second-order valence-corrected chi connectivity index (χ2v) is 4.19. The summed E-state index contributed by atoms with van der Waals surface area (Å²) in [6.07, 6.45) is -5.54. The van der Waals surface area contributed by atoms with E-state index in [1.807, 2.05) is 0 Å². The molecule has 0 spiro atoms. The molecule has 9 heteroatoms. The van der Waals surface area contributed by atoms with Crippen LogP contribution >= 0.6 is 15.9 Å². The van der Waals surface area contributed by atoms with Crippen molar-refractivity contribution in [1.82, 2.24) is 0 Å². The Morgan fingerprint density at radius 1 is 1.39 bits per heavy atom. The molecular formula is C9H7BrF4N2O2. The Morgan fingerprint density at radius 3 is 2.50 bits per heavy atom. The van der Waals surface area contributed by atoms with Crippen LogP contribution in [0, 0.1) is 15.9 Å². The maximum absolute atomic E-state index is 13.2. The van der Waals surface area contributed by atoms with Gasteiger partial charge in [-0.05, 0) is 15.9 Å². The zero-order chi connectivity index (χ0) is 13.9. The van der Waals surface area contributed by atoms with Gasteiger partial charge < -0.3 is 5.32 Å². The Morgan fingerprint density at radius 2 is 2.00 bits per heavy atom. The minimum Gasteiger partial charge on any atom is -0.379 e. The van der Waals surface area contributed by atoms with Crippen molar-refractivity contribution in [3.05, 3.63) is 32.5 Å². The number of nitrogens with zero attached hydrogens (tertiary/aromatic N) is 1. The molecule has 0 atom stereocenters. The number of anilines is 1. The van der Waals surface area contributed by atoms with Crippen LogP contribution in [0.5, 0.6) is 0 Å². The quantitative estimate of drug-likeness (QED) is 0.518. The maximum Gasteiger partial charge on any atom is 0.390 e. The molecule has 0 aliphatic heterocycles. The van der Waals surface area contributed by atoms with Crippen LogP contribution in [0.25, 0.3) is 0 Å². The molecule has 0 fully saturated rings. The highest BCUT2D eigenvalue weighted by molar-refractivity contribution is 9.10. The molecule has 18 heavy (non-hydrogen) atoms. The first-order valence-corrected chi connectivity index (χ1v) is 5.44. The zero-order valence-electron chi connectivity index (χ0n) is 8.72. The molecule has 0 aliphatic carbocycles. The molecule has 0 heterocycles. The van der Waals surface area contributed by atoms with Crippen molar-refractivity contribution in [2.24, 2.45) is 0 Å². The molecule has 0 radical (unpaired) electrons. The van der Waals surface area contributed by atoms with E-state index in [1.165, 1.54) is 0 Å². The summed E-state index contributed by atoms with van der Waals surface area (Å²) in [7, 11) is 0. The van der Waals surface area contributed by atoms with Crippen LogP contribution in [0.2, 0.25) is 0 Å². The Kier molecular flexibility index (Phi) is 4.49. The third kappa shape index (κ3) is 4.13. The van der Waals surface area contributed by atoms with E-state index >= 15 is 0 Å². The number of rotatable bonds is 4. The van der Waals surface area contributed by atoms with Crippen molar-refractivity contribution in [3.63, 3.8) is 0 Å². The lowest BCUT2D eigenvalue weighted by Gasteiger charge is -2.09. The number of hydrogen-bond donors (Lipinski definition) is 1. The van der Waals surface area contributed by atoms with Crippen LogP contribution in [-0.2, 0) is 0 Å². The number of nitro benzene ring substituents is 1. The van der Waals surface area contributed by atoms with Gasteiger partial charge in [0.25, 0.3) is 5.69 Å². The van der Waals surface area contributed by atoms with Crippen LogP contribution in [0.1, 0.15) is 6.42 Å². The average Bonchev–Trinajstić information content (AvgIpc) is 2.20. The van der Waals surface area contributed by atoms with E-state index in [4.69, 9.17) is 0 Å². The number of hydrogen-bond acceptors (Lipinski definition) is 3. The molecule has 1 N–H and O–H groups in total. The Labute approximate surface area is 107 Å². The number of benzene rings is 1. The highest BCUT2D eigenvalue weighted by Crippen LogP contribution is 2.31. The summed E-state index contributed by atoms with van der Waals surface area (Å²) in [6, 6.07) is 1.67. The molecule has 0 unspecified atom stereocenters. The summed E-state index contributed by atoms with van der Waals surface area (Å²) in [4.78, 5) is 9.84. The van der Waals surface area contributed by atoms with Crippen molar-refractivity contribution >= 4 is 27.3 Å². The predicted molar refractivity (Wildman–Crippen MR) is 59.9 cm³/mol. The SMILES string of the molecule is O=[N+]([O-])c1cc(Br)c(F)cc1NCCC(F)(F)F. The summed E-state index contributed by atoms with van der Waals surface area (Å²) in [5.41, 5.74) is -0.782. The number of alkyl halides is 3. The van der Waals surface area contributed by atoms with Crippen LogP contribution < -0.4 is 5.32 Å². The smallest absolute Gasteiger partial charge is 0.379 e. The third-order valence-corrected chi connectivity index (χ3v) is 2.57. The van der Waals surface area contributed by atoms with Gasteiger partial charge in [0.2, 0.25) is 0 Å². The van der Waals surface area contributed by atoms with E-state index in [0.29, 0.717) is 0 Å². The molecule has 1 aromatic carbocycles. The monoisotopic (exact) mass is 330 g/mol. The highest BCUT2D eigenvalue weighted by Gasteiger charge is 2.27. The van der Waals surface area contributed by atoms with Crippen LogP contribution in [-0.4, -0.2) is 17.6 Å². The fourth-order valence-corrected chi connectivity index (χ4v) is 1.50. The summed E-state index contributed by atoms with van der Waals surface area (Å²) in [6.45, 7) is -0.564. The Balaban J connectivity index is 2.87. The van der Waals surface area contributed by atoms with Crippen LogP contribution in [0.15, 0.2) is 16.6 Å². The number of halogens is 5.